The number of rotatable bonds is 4. The van der Waals surface area contributed by atoms with Crippen LogP contribution in [0.15, 0.2) is 66.7 Å². The molecule has 0 saturated heterocycles. The van der Waals surface area contributed by atoms with Gasteiger partial charge < -0.3 is 9.47 Å². The number of ether oxygens (including phenoxy) is 2. The first-order valence-electron chi connectivity index (χ1n) is 7.52. The van der Waals surface area contributed by atoms with Gasteiger partial charge in [-0.15, -0.1) is 0 Å². The number of fused-ring (bicyclic) bond motifs is 1. The summed E-state index contributed by atoms with van der Waals surface area (Å²) in [6, 6.07) is 21.7. The van der Waals surface area contributed by atoms with Crippen LogP contribution in [0, 0.1) is 0 Å². The van der Waals surface area contributed by atoms with Crippen LogP contribution in [-0.2, 0) is 9.53 Å². The van der Waals surface area contributed by atoms with Gasteiger partial charge in [-0.1, -0.05) is 42.5 Å². The van der Waals surface area contributed by atoms with Crippen molar-refractivity contribution in [3.63, 3.8) is 0 Å². The second-order valence-corrected chi connectivity index (χ2v) is 5.42. The lowest BCUT2D eigenvalue weighted by Gasteiger charge is -2.11. The smallest absolute Gasteiger partial charge is 0.312 e. The Bertz CT molecular complexity index is 822. The molecule has 3 nitrogen and oxygen atoms in total. The molecule has 0 spiro atoms. The standard InChI is InChI=1S/C20H18O3/c1-14(20(21)22-2)15-7-10-18(11-8-15)23-19-12-9-16-5-3-4-6-17(16)13-19/h3-14H,1-2H3/t14-/m0/s1. The summed E-state index contributed by atoms with van der Waals surface area (Å²) < 4.78 is 10.7. The van der Waals surface area contributed by atoms with Gasteiger partial charge in [0.1, 0.15) is 11.5 Å². The Morgan fingerprint density at radius 1 is 0.870 bits per heavy atom. The minimum atomic E-state index is -0.283. The van der Waals surface area contributed by atoms with Crippen LogP contribution in [0.4, 0.5) is 0 Å². The van der Waals surface area contributed by atoms with Crippen molar-refractivity contribution in [1.82, 2.24) is 0 Å². The fourth-order valence-corrected chi connectivity index (χ4v) is 2.50. The molecule has 0 amide bonds. The fraction of sp³-hybridized carbons (Fsp3) is 0.150. The van der Waals surface area contributed by atoms with Crippen molar-refractivity contribution in [2.45, 2.75) is 12.8 Å². The van der Waals surface area contributed by atoms with E-state index in [1.807, 2.05) is 61.5 Å². The molecule has 1 atom stereocenters. The van der Waals surface area contributed by atoms with E-state index in [0.29, 0.717) is 0 Å². The Balaban J connectivity index is 1.78. The molecule has 0 aliphatic carbocycles. The van der Waals surface area contributed by atoms with Crippen LogP contribution < -0.4 is 4.74 Å². The molecule has 23 heavy (non-hydrogen) atoms. The highest BCUT2D eigenvalue weighted by molar-refractivity contribution is 5.83. The van der Waals surface area contributed by atoms with Gasteiger partial charge in [0.2, 0.25) is 0 Å². The molecule has 0 aliphatic heterocycles. The van der Waals surface area contributed by atoms with Crippen molar-refractivity contribution in [2.24, 2.45) is 0 Å². The molecule has 0 heterocycles. The second-order valence-electron chi connectivity index (χ2n) is 5.42. The van der Waals surface area contributed by atoms with E-state index >= 15 is 0 Å². The molecule has 0 bridgehead atoms. The number of carbonyl (C=O) groups excluding carboxylic acids is 1. The Morgan fingerprint density at radius 2 is 1.52 bits per heavy atom. The van der Waals surface area contributed by atoms with E-state index < -0.39 is 0 Å². The first-order valence-corrected chi connectivity index (χ1v) is 7.52. The maximum atomic E-state index is 11.6. The summed E-state index contributed by atoms with van der Waals surface area (Å²) in [5.41, 5.74) is 0.905. The van der Waals surface area contributed by atoms with Crippen molar-refractivity contribution < 1.29 is 14.3 Å². The fourth-order valence-electron chi connectivity index (χ4n) is 2.50. The van der Waals surface area contributed by atoms with Gasteiger partial charge in [-0.05, 0) is 47.5 Å². The van der Waals surface area contributed by atoms with Crippen LogP contribution >= 0.6 is 0 Å². The lowest BCUT2D eigenvalue weighted by Crippen LogP contribution is -2.10. The van der Waals surface area contributed by atoms with Crippen LogP contribution in [0.2, 0.25) is 0 Å². The topological polar surface area (TPSA) is 35.5 Å². The largest absolute Gasteiger partial charge is 0.469 e. The van der Waals surface area contributed by atoms with E-state index in [1.54, 1.807) is 0 Å². The quantitative estimate of drug-likeness (QED) is 0.643. The molecular weight excluding hydrogens is 288 g/mol. The predicted octanol–water partition coefficient (Wildman–Crippen LogP) is 4.91. The lowest BCUT2D eigenvalue weighted by molar-refractivity contribution is -0.141. The molecule has 0 N–H and O–H groups in total. The third-order valence-electron chi connectivity index (χ3n) is 3.89. The zero-order chi connectivity index (χ0) is 16.2. The van der Waals surface area contributed by atoms with Gasteiger partial charge in [-0.3, -0.25) is 4.79 Å². The highest BCUT2D eigenvalue weighted by atomic mass is 16.5. The average Bonchev–Trinajstić information content (AvgIpc) is 2.61. The maximum absolute atomic E-state index is 11.6. The first kappa shape index (κ1) is 15.1. The Hall–Kier alpha value is -2.81. The molecule has 3 rings (SSSR count). The summed E-state index contributed by atoms with van der Waals surface area (Å²) in [6.45, 7) is 1.82. The zero-order valence-electron chi connectivity index (χ0n) is 13.2. The molecule has 3 aromatic rings. The number of hydrogen-bond donors (Lipinski definition) is 0. The van der Waals surface area contributed by atoms with Crippen LogP contribution in [0.1, 0.15) is 18.4 Å². The molecule has 0 fully saturated rings. The number of hydrogen-bond acceptors (Lipinski definition) is 3. The minimum absolute atomic E-state index is 0.242. The summed E-state index contributed by atoms with van der Waals surface area (Å²) in [7, 11) is 1.40. The Kier molecular flexibility index (Phi) is 4.29. The molecule has 0 radical (unpaired) electrons. The van der Waals surface area contributed by atoms with Crippen LogP contribution in [0.3, 0.4) is 0 Å². The van der Waals surface area contributed by atoms with Gasteiger partial charge >= 0.3 is 5.97 Å². The summed E-state index contributed by atoms with van der Waals surface area (Å²) in [5, 5.41) is 2.32. The van der Waals surface area contributed by atoms with E-state index in [9.17, 15) is 4.79 Å². The zero-order valence-corrected chi connectivity index (χ0v) is 13.2. The number of benzene rings is 3. The van der Waals surface area contributed by atoms with E-state index in [4.69, 9.17) is 9.47 Å². The van der Waals surface area contributed by atoms with Crippen molar-refractivity contribution >= 4 is 16.7 Å². The minimum Gasteiger partial charge on any atom is -0.469 e. The third-order valence-corrected chi connectivity index (χ3v) is 3.89. The number of carbonyl (C=O) groups is 1. The summed E-state index contributed by atoms with van der Waals surface area (Å²) >= 11 is 0. The molecule has 0 saturated carbocycles. The monoisotopic (exact) mass is 306 g/mol. The van der Waals surface area contributed by atoms with Crippen molar-refractivity contribution in [1.29, 1.82) is 0 Å². The second kappa shape index (κ2) is 6.53. The average molecular weight is 306 g/mol. The maximum Gasteiger partial charge on any atom is 0.312 e. The summed E-state index contributed by atoms with van der Waals surface area (Å²) in [6.07, 6.45) is 0. The number of esters is 1. The van der Waals surface area contributed by atoms with E-state index in [0.717, 1.165) is 22.4 Å². The summed E-state index contributed by atoms with van der Waals surface area (Å²) in [5.74, 6) is 1.00. The highest BCUT2D eigenvalue weighted by Crippen LogP contribution is 2.27. The van der Waals surface area contributed by atoms with Gasteiger partial charge in [0.15, 0.2) is 0 Å². The van der Waals surface area contributed by atoms with E-state index in [-0.39, 0.29) is 11.9 Å². The van der Waals surface area contributed by atoms with Gasteiger partial charge in [0.05, 0.1) is 13.0 Å². The van der Waals surface area contributed by atoms with Gasteiger partial charge in [-0.25, -0.2) is 0 Å². The van der Waals surface area contributed by atoms with Gasteiger partial charge in [0, 0.05) is 0 Å². The van der Waals surface area contributed by atoms with Crippen molar-refractivity contribution in [3.8, 4) is 11.5 Å². The van der Waals surface area contributed by atoms with E-state index in [1.165, 1.54) is 12.5 Å². The summed E-state index contributed by atoms with van der Waals surface area (Å²) in [4.78, 5) is 11.6. The van der Waals surface area contributed by atoms with Crippen molar-refractivity contribution in [2.75, 3.05) is 7.11 Å². The van der Waals surface area contributed by atoms with Crippen molar-refractivity contribution in [3.05, 3.63) is 72.3 Å². The van der Waals surface area contributed by atoms with Gasteiger partial charge in [0.25, 0.3) is 0 Å². The molecule has 0 unspecified atom stereocenters. The first-order chi connectivity index (χ1) is 11.2. The lowest BCUT2D eigenvalue weighted by atomic mass is 10.0. The Labute approximate surface area is 135 Å². The Morgan fingerprint density at radius 3 is 2.22 bits per heavy atom. The normalized spacial score (nSPS) is 11.9. The van der Waals surface area contributed by atoms with Crippen LogP contribution in [0.5, 0.6) is 11.5 Å². The molecular formula is C20H18O3. The van der Waals surface area contributed by atoms with Gasteiger partial charge in [-0.2, -0.15) is 0 Å². The molecule has 3 aromatic carbocycles. The van der Waals surface area contributed by atoms with Crippen LogP contribution in [-0.4, -0.2) is 13.1 Å². The molecule has 116 valence electrons. The van der Waals surface area contributed by atoms with Crippen LogP contribution in [0.25, 0.3) is 10.8 Å². The molecule has 0 aromatic heterocycles. The van der Waals surface area contributed by atoms with E-state index in [2.05, 4.69) is 12.1 Å². The predicted molar refractivity (Wildman–Crippen MR) is 90.9 cm³/mol. The SMILES string of the molecule is COC(=O)[C@@H](C)c1ccc(Oc2ccc3ccccc3c2)cc1. The number of methoxy groups -OCH3 is 1. The third kappa shape index (κ3) is 3.34. The molecule has 0 aliphatic rings. The highest BCUT2D eigenvalue weighted by Gasteiger charge is 2.15. The molecule has 3 heteroatoms.